The van der Waals surface area contributed by atoms with Crippen molar-refractivity contribution in [1.29, 1.82) is 0 Å². The third-order valence-electron chi connectivity index (χ3n) is 3.98. The Balaban J connectivity index is 2.06. The maximum Gasteiger partial charge on any atom is 0.242 e. The fourth-order valence-electron chi connectivity index (χ4n) is 2.42. The number of aliphatic hydroxyl groups is 1. The fraction of sp³-hybridized carbons (Fsp3) is 0.278. The maximum absolute atomic E-state index is 9.48. The predicted molar refractivity (Wildman–Crippen MR) is 89.4 cm³/mol. The van der Waals surface area contributed by atoms with E-state index in [1.807, 2.05) is 44.2 Å². The lowest BCUT2D eigenvalue weighted by atomic mass is 9.85. The lowest BCUT2D eigenvalue weighted by molar-refractivity contribution is 0.218. The van der Waals surface area contributed by atoms with Crippen LogP contribution < -0.4 is 4.74 Å². The number of hydrogen-bond acceptors (Lipinski definition) is 5. The molecule has 5 nitrogen and oxygen atoms in total. The van der Waals surface area contributed by atoms with E-state index in [-0.39, 0.29) is 12.0 Å². The van der Waals surface area contributed by atoms with Gasteiger partial charge in [-0.15, -0.1) is 0 Å². The molecule has 1 aromatic carbocycles. The van der Waals surface area contributed by atoms with Crippen molar-refractivity contribution in [3.8, 4) is 17.1 Å². The fourth-order valence-corrected chi connectivity index (χ4v) is 2.42. The van der Waals surface area contributed by atoms with Crippen molar-refractivity contribution < 1.29 is 9.84 Å². The van der Waals surface area contributed by atoms with Crippen LogP contribution in [0, 0.1) is 0 Å². The maximum atomic E-state index is 9.48. The molecule has 0 saturated carbocycles. The van der Waals surface area contributed by atoms with E-state index in [2.05, 4.69) is 15.0 Å². The van der Waals surface area contributed by atoms with E-state index < -0.39 is 0 Å². The van der Waals surface area contributed by atoms with Crippen LogP contribution in [0.5, 0.6) is 5.88 Å². The van der Waals surface area contributed by atoms with Gasteiger partial charge in [-0.3, -0.25) is 4.98 Å². The van der Waals surface area contributed by atoms with Crippen molar-refractivity contribution in [3.63, 3.8) is 0 Å². The lowest BCUT2D eigenvalue weighted by Crippen LogP contribution is -2.21. The smallest absolute Gasteiger partial charge is 0.242 e. The van der Waals surface area contributed by atoms with E-state index in [1.165, 1.54) is 0 Å². The largest absolute Gasteiger partial charge is 0.479 e. The Morgan fingerprint density at radius 3 is 2.43 bits per heavy atom. The standard InChI is InChI=1S/C18H19N3O2/c1-18(2,11-22)13-6-4-12(5-7-13)14-10-15-16(17(21-14)23-3)20-9-8-19-15/h4-10,22H,11H2,1-3H3. The minimum atomic E-state index is -0.265. The second-order valence-corrected chi connectivity index (χ2v) is 6.06. The zero-order chi connectivity index (χ0) is 16.4. The molecule has 23 heavy (non-hydrogen) atoms. The SMILES string of the molecule is COc1nc(-c2ccc(C(C)(C)CO)cc2)cc2nccnc12. The highest BCUT2D eigenvalue weighted by molar-refractivity contribution is 5.83. The molecule has 0 amide bonds. The van der Waals surface area contributed by atoms with Crippen LogP contribution >= 0.6 is 0 Å². The number of aromatic nitrogens is 3. The van der Waals surface area contributed by atoms with Gasteiger partial charge < -0.3 is 9.84 Å². The van der Waals surface area contributed by atoms with Crippen LogP contribution in [0.2, 0.25) is 0 Å². The number of fused-ring (bicyclic) bond motifs is 1. The van der Waals surface area contributed by atoms with Gasteiger partial charge in [0.25, 0.3) is 0 Å². The summed E-state index contributed by atoms with van der Waals surface area (Å²) in [5.74, 6) is 0.463. The average Bonchev–Trinajstić information content (AvgIpc) is 2.60. The van der Waals surface area contributed by atoms with Gasteiger partial charge in [0.2, 0.25) is 5.88 Å². The molecule has 3 rings (SSSR count). The van der Waals surface area contributed by atoms with E-state index in [1.54, 1.807) is 19.5 Å². The minimum Gasteiger partial charge on any atom is -0.479 e. The summed E-state index contributed by atoms with van der Waals surface area (Å²) in [5, 5.41) is 9.48. The van der Waals surface area contributed by atoms with Crippen molar-refractivity contribution in [2.45, 2.75) is 19.3 Å². The van der Waals surface area contributed by atoms with Gasteiger partial charge in [-0.1, -0.05) is 38.1 Å². The van der Waals surface area contributed by atoms with E-state index in [0.717, 1.165) is 22.3 Å². The number of benzene rings is 1. The van der Waals surface area contributed by atoms with Crippen LogP contribution in [0.25, 0.3) is 22.3 Å². The molecule has 0 fully saturated rings. The van der Waals surface area contributed by atoms with Crippen molar-refractivity contribution in [1.82, 2.24) is 15.0 Å². The van der Waals surface area contributed by atoms with Gasteiger partial charge in [-0.05, 0) is 11.6 Å². The molecule has 5 heteroatoms. The molecule has 0 bridgehead atoms. The third-order valence-corrected chi connectivity index (χ3v) is 3.98. The number of ether oxygens (including phenoxy) is 1. The van der Waals surface area contributed by atoms with Gasteiger partial charge in [0.1, 0.15) is 0 Å². The van der Waals surface area contributed by atoms with Gasteiger partial charge in [-0.2, -0.15) is 0 Å². The van der Waals surface area contributed by atoms with Crippen molar-refractivity contribution >= 4 is 11.0 Å². The Morgan fingerprint density at radius 1 is 1.09 bits per heavy atom. The zero-order valence-corrected chi connectivity index (χ0v) is 13.4. The number of rotatable bonds is 4. The summed E-state index contributed by atoms with van der Waals surface area (Å²) >= 11 is 0. The van der Waals surface area contributed by atoms with Crippen molar-refractivity contribution in [2.24, 2.45) is 0 Å². The summed E-state index contributed by atoms with van der Waals surface area (Å²) < 4.78 is 5.34. The molecule has 2 heterocycles. The second-order valence-electron chi connectivity index (χ2n) is 6.06. The van der Waals surface area contributed by atoms with Crippen LogP contribution in [-0.4, -0.2) is 33.8 Å². The van der Waals surface area contributed by atoms with Gasteiger partial charge >= 0.3 is 0 Å². The number of aliphatic hydroxyl groups excluding tert-OH is 1. The number of pyridine rings is 1. The molecule has 0 unspecified atom stereocenters. The lowest BCUT2D eigenvalue weighted by Gasteiger charge is -2.22. The Labute approximate surface area is 135 Å². The molecule has 0 spiro atoms. The van der Waals surface area contributed by atoms with E-state index in [9.17, 15) is 5.11 Å². The van der Waals surface area contributed by atoms with Crippen LogP contribution in [-0.2, 0) is 5.41 Å². The summed E-state index contributed by atoms with van der Waals surface area (Å²) in [6, 6.07) is 9.92. The molecule has 2 aromatic heterocycles. The average molecular weight is 309 g/mol. The Bertz CT molecular complexity index is 829. The molecule has 0 aliphatic heterocycles. The highest BCUT2D eigenvalue weighted by Crippen LogP contribution is 2.29. The molecule has 0 saturated heterocycles. The molecule has 0 radical (unpaired) electrons. The van der Waals surface area contributed by atoms with Crippen LogP contribution in [0.15, 0.2) is 42.7 Å². The summed E-state index contributed by atoms with van der Waals surface area (Å²) in [6.07, 6.45) is 3.27. The summed E-state index contributed by atoms with van der Waals surface area (Å²) in [6.45, 7) is 4.12. The summed E-state index contributed by atoms with van der Waals surface area (Å²) in [5.41, 5.74) is 3.96. The molecular weight excluding hydrogens is 290 g/mol. The first-order valence-electron chi connectivity index (χ1n) is 7.43. The summed E-state index contributed by atoms with van der Waals surface area (Å²) in [4.78, 5) is 13.1. The molecule has 0 aliphatic rings. The van der Waals surface area contributed by atoms with E-state index in [4.69, 9.17) is 4.74 Å². The molecule has 0 aliphatic carbocycles. The first-order chi connectivity index (χ1) is 11.0. The van der Waals surface area contributed by atoms with Crippen LogP contribution in [0.4, 0.5) is 0 Å². The van der Waals surface area contributed by atoms with Crippen molar-refractivity contribution in [2.75, 3.05) is 13.7 Å². The zero-order valence-electron chi connectivity index (χ0n) is 13.4. The molecule has 118 valence electrons. The molecule has 1 N–H and O–H groups in total. The Kier molecular flexibility index (Phi) is 3.96. The Morgan fingerprint density at radius 2 is 1.78 bits per heavy atom. The van der Waals surface area contributed by atoms with E-state index >= 15 is 0 Å². The van der Waals surface area contributed by atoms with Gasteiger partial charge in [0.15, 0.2) is 5.52 Å². The molecule has 0 atom stereocenters. The second kappa shape index (κ2) is 5.93. The highest BCUT2D eigenvalue weighted by Gasteiger charge is 2.19. The number of methoxy groups -OCH3 is 1. The number of hydrogen-bond donors (Lipinski definition) is 1. The first kappa shape index (κ1) is 15.4. The first-order valence-corrected chi connectivity index (χ1v) is 7.43. The molecule has 3 aromatic rings. The monoisotopic (exact) mass is 309 g/mol. The van der Waals surface area contributed by atoms with Crippen LogP contribution in [0.1, 0.15) is 19.4 Å². The van der Waals surface area contributed by atoms with Gasteiger partial charge in [0.05, 0.1) is 24.9 Å². The third kappa shape index (κ3) is 2.87. The van der Waals surface area contributed by atoms with Crippen LogP contribution in [0.3, 0.4) is 0 Å². The Hall–Kier alpha value is -2.53. The predicted octanol–water partition coefficient (Wildman–Crippen LogP) is 2.97. The molecular formula is C18H19N3O2. The highest BCUT2D eigenvalue weighted by atomic mass is 16.5. The topological polar surface area (TPSA) is 68.1 Å². The normalized spacial score (nSPS) is 11.7. The van der Waals surface area contributed by atoms with Crippen molar-refractivity contribution in [3.05, 3.63) is 48.3 Å². The quantitative estimate of drug-likeness (QED) is 0.802. The van der Waals surface area contributed by atoms with E-state index in [0.29, 0.717) is 11.4 Å². The summed E-state index contributed by atoms with van der Waals surface area (Å²) in [7, 11) is 1.58. The van der Waals surface area contributed by atoms with Gasteiger partial charge in [-0.25, -0.2) is 9.97 Å². The minimum absolute atomic E-state index is 0.101. The number of nitrogens with zero attached hydrogens (tertiary/aromatic N) is 3. The van der Waals surface area contributed by atoms with Gasteiger partial charge in [0, 0.05) is 23.4 Å².